The average molecular weight is 363 g/mol. The van der Waals surface area contributed by atoms with Gasteiger partial charge in [-0.25, -0.2) is 15.0 Å². The number of hydrogen-bond acceptors (Lipinski definition) is 5. The molecule has 3 aromatic rings. The fourth-order valence-corrected chi connectivity index (χ4v) is 3.13. The van der Waals surface area contributed by atoms with Gasteiger partial charge in [0.15, 0.2) is 11.3 Å². The van der Waals surface area contributed by atoms with Crippen molar-refractivity contribution in [1.82, 2.24) is 15.0 Å². The van der Waals surface area contributed by atoms with Gasteiger partial charge in [-0.2, -0.15) is 5.26 Å². The molecule has 0 saturated heterocycles. The van der Waals surface area contributed by atoms with Crippen molar-refractivity contribution >= 4 is 45.0 Å². The molecule has 0 aliphatic rings. The van der Waals surface area contributed by atoms with Crippen molar-refractivity contribution < 1.29 is 4.21 Å². The van der Waals surface area contributed by atoms with Crippen molar-refractivity contribution in [3.63, 3.8) is 0 Å². The van der Waals surface area contributed by atoms with E-state index in [2.05, 4.69) is 15.0 Å². The third kappa shape index (κ3) is 2.91. The molecule has 0 amide bonds. The highest BCUT2D eigenvalue weighted by Gasteiger charge is 2.16. The van der Waals surface area contributed by atoms with Gasteiger partial charge in [-0.3, -0.25) is 4.21 Å². The molecule has 114 valence electrons. The highest BCUT2D eigenvalue weighted by atomic mass is 35.5. The second-order valence-corrected chi connectivity index (χ2v) is 6.70. The molecule has 0 aliphatic carbocycles. The van der Waals surface area contributed by atoms with E-state index in [4.69, 9.17) is 23.2 Å². The summed E-state index contributed by atoms with van der Waals surface area (Å²) in [6.07, 6.45) is 2.99. The summed E-state index contributed by atoms with van der Waals surface area (Å²) in [5.74, 6) is 0. The maximum atomic E-state index is 11.5. The van der Waals surface area contributed by atoms with Gasteiger partial charge in [-0.1, -0.05) is 29.3 Å². The molecular weight excluding hydrogens is 355 g/mol. The van der Waals surface area contributed by atoms with Crippen molar-refractivity contribution in [2.24, 2.45) is 0 Å². The monoisotopic (exact) mass is 362 g/mol. The first-order chi connectivity index (χ1) is 11.0. The zero-order valence-corrected chi connectivity index (χ0v) is 14.1. The molecule has 0 spiro atoms. The summed E-state index contributed by atoms with van der Waals surface area (Å²) >= 11 is 12.4. The van der Waals surface area contributed by atoms with E-state index < -0.39 is 10.8 Å². The summed E-state index contributed by atoms with van der Waals surface area (Å²) in [7, 11) is -1.33. The fraction of sp³-hybridized carbons (Fsp3) is 0.0667. The zero-order valence-electron chi connectivity index (χ0n) is 11.7. The number of pyridine rings is 1. The Kier molecular flexibility index (Phi) is 4.26. The summed E-state index contributed by atoms with van der Waals surface area (Å²) in [5, 5.41) is 11.0. The summed E-state index contributed by atoms with van der Waals surface area (Å²) in [4.78, 5) is 12.4. The smallest absolute Gasteiger partial charge is 0.220 e. The highest BCUT2D eigenvalue weighted by Crippen LogP contribution is 2.36. The molecule has 0 bridgehead atoms. The summed E-state index contributed by atoms with van der Waals surface area (Å²) in [5.41, 5.74) is 1.47. The summed E-state index contributed by atoms with van der Waals surface area (Å²) in [6, 6.07) is 8.83. The van der Waals surface area contributed by atoms with Crippen LogP contribution in [0.3, 0.4) is 0 Å². The predicted octanol–water partition coefficient (Wildman–Crippen LogP) is 3.61. The molecule has 8 heteroatoms. The van der Waals surface area contributed by atoms with E-state index in [1.54, 1.807) is 24.3 Å². The van der Waals surface area contributed by atoms with E-state index in [9.17, 15) is 9.47 Å². The van der Waals surface area contributed by atoms with Crippen molar-refractivity contribution in [2.45, 2.75) is 5.16 Å². The largest absolute Gasteiger partial charge is 0.251 e. The Morgan fingerprint density at radius 2 is 1.91 bits per heavy atom. The van der Waals surface area contributed by atoms with Gasteiger partial charge >= 0.3 is 0 Å². The normalized spacial score (nSPS) is 12.1. The summed E-state index contributed by atoms with van der Waals surface area (Å²) < 4.78 is 11.5. The Balaban J connectivity index is 2.32. The molecule has 0 fully saturated rings. The van der Waals surface area contributed by atoms with Crippen LogP contribution in [-0.4, -0.2) is 25.4 Å². The highest BCUT2D eigenvalue weighted by molar-refractivity contribution is 7.84. The Hall–Kier alpha value is -2.07. The molecule has 5 nitrogen and oxygen atoms in total. The van der Waals surface area contributed by atoms with Gasteiger partial charge in [-0.05, 0) is 18.2 Å². The third-order valence-corrected chi connectivity index (χ3v) is 4.48. The van der Waals surface area contributed by atoms with Crippen molar-refractivity contribution in [3.8, 4) is 17.2 Å². The first-order valence-electron chi connectivity index (χ1n) is 6.37. The van der Waals surface area contributed by atoms with Gasteiger partial charge in [0.05, 0.1) is 10.8 Å². The van der Waals surface area contributed by atoms with E-state index in [0.29, 0.717) is 32.2 Å². The number of fused-ring (bicyclic) bond motifs is 1. The maximum Gasteiger partial charge on any atom is 0.220 e. The fourth-order valence-electron chi connectivity index (χ4n) is 2.12. The molecule has 2 aromatic heterocycles. The maximum absolute atomic E-state index is 11.5. The van der Waals surface area contributed by atoms with Crippen LogP contribution in [0.15, 0.2) is 35.6 Å². The van der Waals surface area contributed by atoms with E-state index in [-0.39, 0.29) is 10.9 Å². The van der Waals surface area contributed by atoms with Crippen LogP contribution in [0.2, 0.25) is 10.0 Å². The minimum Gasteiger partial charge on any atom is -0.251 e. The second kappa shape index (κ2) is 6.20. The van der Waals surface area contributed by atoms with E-state index in [1.807, 2.05) is 6.07 Å². The Labute approximate surface area is 144 Å². The number of hydrogen-bond donors (Lipinski definition) is 0. The first kappa shape index (κ1) is 15.8. The topological polar surface area (TPSA) is 79.5 Å². The van der Waals surface area contributed by atoms with Crippen LogP contribution in [0.25, 0.3) is 22.2 Å². The molecule has 0 radical (unpaired) electrons. The molecule has 1 aromatic carbocycles. The van der Waals surface area contributed by atoms with E-state index >= 15 is 0 Å². The average Bonchev–Trinajstić information content (AvgIpc) is 2.53. The first-order valence-corrected chi connectivity index (χ1v) is 8.68. The number of halogens is 2. The lowest BCUT2D eigenvalue weighted by Crippen LogP contribution is -2.00. The van der Waals surface area contributed by atoms with Crippen LogP contribution in [0, 0.1) is 11.3 Å². The van der Waals surface area contributed by atoms with Crippen LogP contribution in [0.5, 0.6) is 0 Å². The molecule has 23 heavy (non-hydrogen) atoms. The number of aromatic nitrogens is 3. The van der Waals surface area contributed by atoms with Crippen molar-refractivity contribution in [1.29, 1.82) is 5.26 Å². The standard InChI is InChI=1S/C15H8Cl2N4OS/c1-23(22)15-19-7-8-5-9(12(6-18)20-14(8)21-15)13-10(16)3-2-4-11(13)17/h2-5,7H,1H3. The van der Waals surface area contributed by atoms with E-state index in [0.717, 1.165) is 0 Å². The van der Waals surface area contributed by atoms with Crippen molar-refractivity contribution in [3.05, 3.63) is 46.2 Å². The minimum atomic E-state index is -1.33. The summed E-state index contributed by atoms with van der Waals surface area (Å²) in [6.45, 7) is 0. The molecule has 0 N–H and O–H groups in total. The quantitative estimate of drug-likeness (QED) is 0.650. The number of nitriles is 1. The van der Waals surface area contributed by atoms with Gasteiger partial charge in [0.25, 0.3) is 0 Å². The van der Waals surface area contributed by atoms with Crippen molar-refractivity contribution in [2.75, 3.05) is 6.26 Å². The van der Waals surface area contributed by atoms with Gasteiger partial charge in [-0.15, -0.1) is 0 Å². The number of nitrogens with zero attached hydrogens (tertiary/aromatic N) is 4. The lowest BCUT2D eigenvalue weighted by molar-refractivity contribution is 0.680. The van der Waals surface area contributed by atoms with Crippen LogP contribution in [0.1, 0.15) is 5.69 Å². The van der Waals surface area contributed by atoms with Gasteiger partial charge in [0.1, 0.15) is 6.07 Å². The molecule has 1 atom stereocenters. The molecule has 3 rings (SSSR count). The SMILES string of the molecule is CS(=O)c1ncc2cc(-c3c(Cl)cccc3Cl)c(C#N)nc2n1. The Morgan fingerprint density at radius 1 is 1.22 bits per heavy atom. The molecular formula is C15H8Cl2N4OS. The van der Waals surface area contributed by atoms with Crippen LogP contribution >= 0.6 is 23.2 Å². The van der Waals surface area contributed by atoms with E-state index in [1.165, 1.54) is 12.5 Å². The molecule has 0 saturated carbocycles. The Morgan fingerprint density at radius 3 is 2.52 bits per heavy atom. The lowest BCUT2D eigenvalue weighted by atomic mass is 10.0. The predicted molar refractivity (Wildman–Crippen MR) is 89.8 cm³/mol. The second-order valence-electron chi connectivity index (χ2n) is 4.61. The number of benzene rings is 1. The molecule has 2 heterocycles. The van der Waals surface area contributed by atoms with Gasteiger partial charge < -0.3 is 0 Å². The zero-order chi connectivity index (χ0) is 16.6. The van der Waals surface area contributed by atoms with Crippen LogP contribution in [0.4, 0.5) is 0 Å². The number of rotatable bonds is 2. The third-order valence-electron chi connectivity index (χ3n) is 3.14. The van der Waals surface area contributed by atoms with Gasteiger partial charge in [0, 0.05) is 39.0 Å². The van der Waals surface area contributed by atoms with Crippen LogP contribution in [-0.2, 0) is 10.8 Å². The van der Waals surface area contributed by atoms with Crippen LogP contribution < -0.4 is 0 Å². The molecule has 0 aliphatic heterocycles. The Bertz CT molecular complexity index is 980. The van der Waals surface area contributed by atoms with Gasteiger partial charge in [0.2, 0.25) is 5.16 Å². The molecule has 1 unspecified atom stereocenters. The lowest BCUT2D eigenvalue weighted by Gasteiger charge is -2.09. The minimum absolute atomic E-state index is 0.138.